The van der Waals surface area contributed by atoms with E-state index in [9.17, 15) is 9.59 Å². The van der Waals surface area contributed by atoms with Crippen molar-refractivity contribution in [1.29, 1.82) is 0 Å². The molecule has 0 spiro atoms. The SMILES string of the molecule is CCC(C)Oc1ccc(NC(=O)C2CC2C(=O)O)cc1. The van der Waals surface area contributed by atoms with E-state index in [1.165, 1.54) is 0 Å². The number of amides is 1. The highest BCUT2D eigenvalue weighted by molar-refractivity contribution is 5.98. The molecular formula is C15H19NO4. The molecule has 0 radical (unpaired) electrons. The van der Waals surface area contributed by atoms with Gasteiger partial charge >= 0.3 is 5.97 Å². The van der Waals surface area contributed by atoms with E-state index in [0.717, 1.165) is 12.2 Å². The average molecular weight is 277 g/mol. The van der Waals surface area contributed by atoms with Gasteiger partial charge in [-0.15, -0.1) is 0 Å². The number of rotatable bonds is 6. The molecule has 1 aliphatic rings. The maximum atomic E-state index is 11.8. The number of anilines is 1. The Bertz CT molecular complexity index is 497. The average Bonchev–Trinajstić information content (AvgIpc) is 3.21. The maximum Gasteiger partial charge on any atom is 0.307 e. The molecule has 20 heavy (non-hydrogen) atoms. The smallest absolute Gasteiger partial charge is 0.307 e. The molecule has 0 aromatic heterocycles. The van der Waals surface area contributed by atoms with Gasteiger partial charge in [0, 0.05) is 5.69 Å². The standard InChI is InChI=1S/C15H19NO4/c1-3-9(2)20-11-6-4-10(5-7-11)16-14(17)12-8-13(12)15(18)19/h4-7,9,12-13H,3,8H2,1-2H3,(H,16,17)(H,18,19). The number of carbonyl (C=O) groups is 2. The first kappa shape index (κ1) is 14.4. The third-order valence-corrected chi connectivity index (χ3v) is 3.48. The van der Waals surface area contributed by atoms with Crippen LogP contribution in [0, 0.1) is 11.8 Å². The number of ether oxygens (including phenoxy) is 1. The van der Waals surface area contributed by atoms with Crippen LogP contribution < -0.4 is 10.1 Å². The van der Waals surface area contributed by atoms with Gasteiger partial charge < -0.3 is 15.2 Å². The van der Waals surface area contributed by atoms with Crippen molar-refractivity contribution in [2.24, 2.45) is 11.8 Å². The highest BCUT2D eigenvalue weighted by Crippen LogP contribution is 2.39. The molecule has 1 aromatic rings. The van der Waals surface area contributed by atoms with E-state index < -0.39 is 17.8 Å². The van der Waals surface area contributed by atoms with Crippen LogP contribution in [-0.4, -0.2) is 23.1 Å². The molecule has 2 rings (SSSR count). The van der Waals surface area contributed by atoms with Gasteiger partial charge in [-0.05, 0) is 44.0 Å². The molecular weight excluding hydrogens is 258 g/mol. The molecule has 3 unspecified atom stereocenters. The van der Waals surface area contributed by atoms with Gasteiger partial charge in [0.15, 0.2) is 0 Å². The lowest BCUT2D eigenvalue weighted by Gasteiger charge is -2.13. The molecule has 1 saturated carbocycles. The van der Waals surface area contributed by atoms with E-state index >= 15 is 0 Å². The summed E-state index contributed by atoms with van der Waals surface area (Å²) in [5.74, 6) is -1.30. The van der Waals surface area contributed by atoms with Crippen LogP contribution in [0.4, 0.5) is 5.69 Å². The molecule has 1 aromatic carbocycles. The molecule has 1 fully saturated rings. The molecule has 5 nitrogen and oxygen atoms in total. The van der Waals surface area contributed by atoms with Gasteiger partial charge in [0.05, 0.1) is 17.9 Å². The van der Waals surface area contributed by atoms with Gasteiger partial charge in [-0.1, -0.05) is 6.92 Å². The van der Waals surface area contributed by atoms with Gasteiger partial charge in [0.2, 0.25) is 5.91 Å². The second-order valence-electron chi connectivity index (χ2n) is 5.14. The fourth-order valence-corrected chi connectivity index (χ4v) is 1.93. The topological polar surface area (TPSA) is 75.6 Å². The first-order chi connectivity index (χ1) is 9.51. The lowest BCUT2D eigenvalue weighted by molar-refractivity contribution is -0.139. The fourth-order valence-electron chi connectivity index (χ4n) is 1.93. The summed E-state index contributed by atoms with van der Waals surface area (Å²) in [6.45, 7) is 4.04. The molecule has 108 valence electrons. The highest BCUT2D eigenvalue weighted by Gasteiger charge is 2.48. The summed E-state index contributed by atoms with van der Waals surface area (Å²) in [7, 11) is 0. The number of nitrogens with one attached hydrogen (secondary N) is 1. The second kappa shape index (κ2) is 5.94. The molecule has 0 bridgehead atoms. The van der Waals surface area contributed by atoms with Crippen LogP contribution in [0.5, 0.6) is 5.75 Å². The quantitative estimate of drug-likeness (QED) is 0.837. The third-order valence-electron chi connectivity index (χ3n) is 3.48. The van der Waals surface area contributed by atoms with Gasteiger partial charge in [0.1, 0.15) is 5.75 Å². The van der Waals surface area contributed by atoms with E-state index in [0.29, 0.717) is 12.1 Å². The zero-order chi connectivity index (χ0) is 14.7. The lowest BCUT2D eigenvalue weighted by atomic mass is 10.2. The Balaban J connectivity index is 1.88. The first-order valence-corrected chi connectivity index (χ1v) is 6.81. The van der Waals surface area contributed by atoms with Crippen LogP contribution in [-0.2, 0) is 9.59 Å². The Morgan fingerprint density at radius 1 is 1.35 bits per heavy atom. The van der Waals surface area contributed by atoms with Crippen LogP contribution in [0.2, 0.25) is 0 Å². The Kier molecular flexibility index (Phi) is 4.27. The van der Waals surface area contributed by atoms with Gasteiger partial charge in [0.25, 0.3) is 0 Å². The largest absolute Gasteiger partial charge is 0.491 e. The van der Waals surface area contributed by atoms with Crippen molar-refractivity contribution >= 4 is 17.6 Å². The Hall–Kier alpha value is -2.04. The van der Waals surface area contributed by atoms with Crippen molar-refractivity contribution in [1.82, 2.24) is 0 Å². The Labute approximate surface area is 117 Å². The first-order valence-electron chi connectivity index (χ1n) is 6.81. The van der Waals surface area contributed by atoms with Crippen molar-refractivity contribution in [3.8, 4) is 5.75 Å². The number of benzene rings is 1. The number of carboxylic acid groups (broad SMARTS) is 1. The minimum absolute atomic E-state index is 0.151. The minimum atomic E-state index is -0.901. The second-order valence-corrected chi connectivity index (χ2v) is 5.14. The molecule has 1 aliphatic carbocycles. The van der Waals surface area contributed by atoms with Crippen LogP contribution in [0.15, 0.2) is 24.3 Å². The van der Waals surface area contributed by atoms with E-state index in [-0.39, 0.29) is 12.0 Å². The van der Waals surface area contributed by atoms with Crippen LogP contribution in [0.3, 0.4) is 0 Å². The number of hydrogen-bond donors (Lipinski definition) is 2. The predicted molar refractivity (Wildman–Crippen MR) is 74.7 cm³/mol. The van der Waals surface area contributed by atoms with E-state index in [1.54, 1.807) is 24.3 Å². The molecule has 3 atom stereocenters. The van der Waals surface area contributed by atoms with Crippen molar-refractivity contribution in [3.05, 3.63) is 24.3 Å². The predicted octanol–water partition coefficient (Wildman–Crippen LogP) is 2.52. The summed E-state index contributed by atoms with van der Waals surface area (Å²) >= 11 is 0. The summed E-state index contributed by atoms with van der Waals surface area (Å²) < 4.78 is 5.64. The van der Waals surface area contributed by atoms with Crippen LogP contribution in [0.25, 0.3) is 0 Å². The van der Waals surface area contributed by atoms with E-state index in [2.05, 4.69) is 5.32 Å². The molecule has 5 heteroatoms. The van der Waals surface area contributed by atoms with Gasteiger partial charge in [-0.3, -0.25) is 9.59 Å². The van der Waals surface area contributed by atoms with E-state index in [1.807, 2.05) is 13.8 Å². The molecule has 1 amide bonds. The molecule has 2 N–H and O–H groups in total. The van der Waals surface area contributed by atoms with Gasteiger partial charge in [-0.25, -0.2) is 0 Å². The molecule has 0 heterocycles. The Morgan fingerprint density at radius 2 is 2.00 bits per heavy atom. The van der Waals surface area contributed by atoms with Crippen molar-refractivity contribution in [2.45, 2.75) is 32.8 Å². The summed E-state index contributed by atoms with van der Waals surface area (Å²) in [6.07, 6.45) is 1.51. The summed E-state index contributed by atoms with van der Waals surface area (Å²) in [5, 5.41) is 11.5. The minimum Gasteiger partial charge on any atom is -0.491 e. The summed E-state index contributed by atoms with van der Waals surface area (Å²) in [4.78, 5) is 22.5. The Morgan fingerprint density at radius 3 is 2.50 bits per heavy atom. The fraction of sp³-hybridized carbons (Fsp3) is 0.467. The van der Waals surface area contributed by atoms with Crippen molar-refractivity contribution in [2.75, 3.05) is 5.32 Å². The zero-order valence-electron chi connectivity index (χ0n) is 11.6. The van der Waals surface area contributed by atoms with Crippen LogP contribution >= 0.6 is 0 Å². The number of carbonyl (C=O) groups excluding carboxylic acids is 1. The van der Waals surface area contributed by atoms with E-state index in [4.69, 9.17) is 9.84 Å². The summed E-state index contributed by atoms with van der Waals surface area (Å²) in [6, 6.07) is 7.11. The van der Waals surface area contributed by atoms with Crippen molar-refractivity contribution < 1.29 is 19.4 Å². The number of carboxylic acids is 1. The van der Waals surface area contributed by atoms with Crippen molar-refractivity contribution in [3.63, 3.8) is 0 Å². The monoisotopic (exact) mass is 277 g/mol. The molecule has 0 aliphatic heterocycles. The van der Waals surface area contributed by atoms with Gasteiger partial charge in [-0.2, -0.15) is 0 Å². The van der Waals surface area contributed by atoms with Crippen LogP contribution in [0.1, 0.15) is 26.7 Å². The summed E-state index contributed by atoms with van der Waals surface area (Å²) in [5.41, 5.74) is 0.655. The third kappa shape index (κ3) is 3.50. The normalized spacial score (nSPS) is 21.9. The number of aliphatic carboxylic acids is 1. The highest BCUT2D eigenvalue weighted by atomic mass is 16.5. The maximum absolute atomic E-state index is 11.8. The molecule has 0 saturated heterocycles. The number of hydrogen-bond acceptors (Lipinski definition) is 3. The lowest BCUT2D eigenvalue weighted by Crippen LogP contribution is -2.16. The zero-order valence-corrected chi connectivity index (χ0v) is 11.6.